The van der Waals surface area contributed by atoms with Gasteiger partial charge < -0.3 is 14.8 Å². The highest BCUT2D eigenvalue weighted by atomic mass is 35.5. The molecule has 1 aromatic heterocycles. The Balaban J connectivity index is 1.65. The molecule has 2 aromatic carbocycles. The molecule has 1 N–H and O–H groups in total. The van der Waals surface area contributed by atoms with Crippen LogP contribution in [0, 0.1) is 12.8 Å². The van der Waals surface area contributed by atoms with Crippen LogP contribution in [0.4, 0.5) is 0 Å². The van der Waals surface area contributed by atoms with Crippen molar-refractivity contribution >= 4 is 40.7 Å². The lowest BCUT2D eigenvalue weighted by Gasteiger charge is -2.21. The minimum Gasteiger partial charge on any atom is -0.377 e. The van der Waals surface area contributed by atoms with E-state index in [4.69, 9.17) is 44.3 Å². The van der Waals surface area contributed by atoms with Crippen molar-refractivity contribution in [3.05, 3.63) is 81.4 Å². The van der Waals surface area contributed by atoms with Crippen molar-refractivity contribution < 1.29 is 14.3 Å². The Morgan fingerprint density at radius 3 is 2.47 bits per heavy atom. The number of carbonyl (C=O) groups is 1. The van der Waals surface area contributed by atoms with Gasteiger partial charge in [-0.1, -0.05) is 66.4 Å². The second-order valence-corrected chi connectivity index (χ2v) is 10.3. The standard InChI is InChI=1S/C29H34Cl3N3O3/c1-5-7-21(6-2)20(4)38-17-16-37-15-14-33-29(36)27-19(3)28(22-8-10-23(30)11-9-22)35(34-27)26-13-12-24(31)18-25(26)32/h5,8-13,18,20-21H,1,6-7,14-17H2,2-4H3,(H,33,36). The third-order valence-electron chi connectivity index (χ3n) is 6.39. The summed E-state index contributed by atoms with van der Waals surface area (Å²) < 4.78 is 13.2. The van der Waals surface area contributed by atoms with Gasteiger partial charge in [-0.25, -0.2) is 4.68 Å². The number of carbonyl (C=O) groups excluding carboxylic acids is 1. The normalized spacial score (nSPS) is 12.8. The van der Waals surface area contributed by atoms with E-state index in [0.717, 1.165) is 24.1 Å². The van der Waals surface area contributed by atoms with Crippen LogP contribution in [0.25, 0.3) is 16.9 Å². The van der Waals surface area contributed by atoms with Crippen molar-refractivity contribution in [2.24, 2.45) is 5.92 Å². The summed E-state index contributed by atoms with van der Waals surface area (Å²) in [5, 5.41) is 9.07. The second-order valence-electron chi connectivity index (χ2n) is 8.97. The van der Waals surface area contributed by atoms with Crippen molar-refractivity contribution in [3.8, 4) is 16.9 Å². The van der Waals surface area contributed by atoms with E-state index in [1.54, 1.807) is 35.0 Å². The molecule has 0 aliphatic carbocycles. The van der Waals surface area contributed by atoms with Gasteiger partial charge >= 0.3 is 0 Å². The first kappa shape index (κ1) is 30.2. The fraction of sp³-hybridized carbons (Fsp3) is 0.379. The van der Waals surface area contributed by atoms with Crippen LogP contribution in [-0.2, 0) is 9.47 Å². The van der Waals surface area contributed by atoms with E-state index < -0.39 is 0 Å². The zero-order chi connectivity index (χ0) is 27.7. The Labute approximate surface area is 239 Å². The number of nitrogens with zero attached hydrogens (tertiary/aromatic N) is 2. The van der Waals surface area contributed by atoms with Crippen LogP contribution >= 0.6 is 34.8 Å². The van der Waals surface area contributed by atoms with Gasteiger partial charge in [-0.15, -0.1) is 6.58 Å². The fourth-order valence-corrected chi connectivity index (χ4v) is 4.86. The lowest BCUT2D eigenvalue weighted by atomic mass is 9.97. The predicted molar refractivity (Wildman–Crippen MR) is 156 cm³/mol. The largest absolute Gasteiger partial charge is 0.377 e. The lowest BCUT2D eigenvalue weighted by Crippen LogP contribution is -2.29. The molecule has 38 heavy (non-hydrogen) atoms. The van der Waals surface area contributed by atoms with Gasteiger partial charge in [0.15, 0.2) is 5.69 Å². The van der Waals surface area contributed by atoms with Gasteiger partial charge in [-0.05, 0) is 56.5 Å². The summed E-state index contributed by atoms with van der Waals surface area (Å²) in [6.45, 7) is 11.6. The van der Waals surface area contributed by atoms with Crippen LogP contribution in [0.5, 0.6) is 0 Å². The molecule has 1 amide bonds. The zero-order valence-corrected chi connectivity index (χ0v) is 24.2. The molecule has 1 heterocycles. The monoisotopic (exact) mass is 577 g/mol. The van der Waals surface area contributed by atoms with Crippen molar-refractivity contribution in [2.45, 2.75) is 39.7 Å². The topological polar surface area (TPSA) is 65.4 Å². The Hall–Kier alpha value is -2.35. The molecule has 3 rings (SSSR count). The van der Waals surface area contributed by atoms with E-state index in [1.807, 2.05) is 25.1 Å². The molecule has 0 fully saturated rings. The van der Waals surface area contributed by atoms with Crippen molar-refractivity contribution in [1.29, 1.82) is 0 Å². The second kappa shape index (κ2) is 14.7. The molecule has 2 unspecified atom stereocenters. The first-order valence-corrected chi connectivity index (χ1v) is 13.8. The first-order valence-electron chi connectivity index (χ1n) is 12.7. The van der Waals surface area contributed by atoms with Crippen LogP contribution < -0.4 is 5.32 Å². The average Bonchev–Trinajstić information content (AvgIpc) is 3.23. The molecule has 0 spiro atoms. The summed E-state index contributed by atoms with van der Waals surface area (Å²) in [6.07, 6.45) is 4.05. The van der Waals surface area contributed by atoms with Gasteiger partial charge in [-0.2, -0.15) is 5.10 Å². The highest BCUT2D eigenvalue weighted by Gasteiger charge is 2.23. The van der Waals surface area contributed by atoms with Gasteiger partial charge in [0.2, 0.25) is 0 Å². The Bertz CT molecular complexity index is 1230. The van der Waals surface area contributed by atoms with Crippen LogP contribution in [0.3, 0.4) is 0 Å². The molecular weight excluding hydrogens is 545 g/mol. The summed E-state index contributed by atoms with van der Waals surface area (Å²) in [5.41, 5.74) is 3.20. The maximum absolute atomic E-state index is 13.1. The number of benzene rings is 2. The number of halogens is 3. The SMILES string of the molecule is C=CCC(CC)C(C)OCCOCCNC(=O)c1nn(-c2ccc(Cl)cc2Cl)c(-c2ccc(Cl)cc2)c1C. The Morgan fingerprint density at radius 1 is 1.11 bits per heavy atom. The van der Waals surface area contributed by atoms with Crippen molar-refractivity contribution in [3.63, 3.8) is 0 Å². The predicted octanol–water partition coefficient (Wildman–Crippen LogP) is 7.56. The zero-order valence-electron chi connectivity index (χ0n) is 22.0. The summed E-state index contributed by atoms with van der Waals surface area (Å²) in [7, 11) is 0. The molecule has 0 aliphatic heterocycles. The number of nitrogens with one attached hydrogen (secondary N) is 1. The molecule has 0 radical (unpaired) electrons. The van der Waals surface area contributed by atoms with Gasteiger partial charge in [0, 0.05) is 27.7 Å². The van der Waals surface area contributed by atoms with E-state index in [9.17, 15) is 4.79 Å². The maximum Gasteiger partial charge on any atom is 0.272 e. The third kappa shape index (κ3) is 7.84. The minimum absolute atomic E-state index is 0.142. The van der Waals surface area contributed by atoms with Crippen molar-refractivity contribution in [1.82, 2.24) is 15.1 Å². The van der Waals surface area contributed by atoms with E-state index in [-0.39, 0.29) is 12.0 Å². The molecule has 204 valence electrons. The fourth-order valence-electron chi connectivity index (χ4n) is 4.24. The van der Waals surface area contributed by atoms with Gasteiger partial charge in [0.1, 0.15) is 0 Å². The van der Waals surface area contributed by atoms with Gasteiger partial charge in [0.25, 0.3) is 5.91 Å². The molecule has 0 saturated carbocycles. The quantitative estimate of drug-likeness (QED) is 0.158. The Morgan fingerprint density at radius 2 is 1.82 bits per heavy atom. The van der Waals surface area contributed by atoms with Gasteiger partial charge in [-0.3, -0.25) is 4.79 Å². The van der Waals surface area contributed by atoms with Crippen LogP contribution in [0.1, 0.15) is 42.7 Å². The molecular formula is C29H34Cl3N3O3. The van der Waals surface area contributed by atoms with E-state index in [1.165, 1.54) is 0 Å². The molecule has 6 nitrogen and oxygen atoms in total. The number of hydrogen-bond acceptors (Lipinski definition) is 4. The van der Waals surface area contributed by atoms with E-state index in [0.29, 0.717) is 64.3 Å². The summed E-state index contributed by atoms with van der Waals surface area (Å²) in [6, 6.07) is 12.5. The number of hydrogen-bond donors (Lipinski definition) is 1. The average molecular weight is 579 g/mol. The maximum atomic E-state index is 13.1. The first-order chi connectivity index (χ1) is 18.3. The highest BCUT2D eigenvalue weighted by molar-refractivity contribution is 6.35. The van der Waals surface area contributed by atoms with Crippen LogP contribution in [0.15, 0.2) is 55.1 Å². The van der Waals surface area contributed by atoms with Gasteiger partial charge in [0.05, 0.1) is 42.3 Å². The third-order valence-corrected chi connectivity index (χ3v) is 7.18. The Kier molecular flexibility index (Phi) is 11.7. The van der Waals surface area contributed by atoms with Crippen molar-refractivity contribution in [2.75, 3.05) is 26.4 Å². The number of ether oxygens (including phenoxy) is 2. The van der Waals surface area contributed by atoms with E-state index >= 15 is 0 Å². The molecule has 9 heteroatoms. The number of aromatic nitrogens is 2. The number of amides is 1. The lowest BCUT2D eigenvalue weighted by molar-refractivity contribution is -0.0121. The molecule has 0 bridgehead atoms. The number of allylic oxidation sites excluding steroid dienone is 1. The summed E-state index contributed by atoms with van der Waals surface area (Å²) >= 11 is 18.7. The number of rotatable bonds is 14. The molecule has 3 aromatic rings. The highest BCUT2D eigenvalue weighted by Crippen LogP contribution is 2.33. The molecule has 0 saturated heterocycles. The van der Waals surface area contributed by atoms with Crippen LogP contribution in [-0.4, -0.2) is 48.2 Å². The summed E-state index contributed by atoms with van der Waals surface area (Å²) in [4.78, 5) is 13.1. The molecule has 0 aliphatic rings. The molecule has 2 atom stereocenters. The van der Waals surface area contributed by atoms with Crippen LogP contribution in [0.2, 0.25) is 15.1 Å². The smallest absolute Gasteiger partial charge is 0.272 e. The summed E-state index contributed by atoms with van der Waals surface area (Å²) in [5.74, 6) is 0.153. The van der Waals surface area contributed by atoms with E-state index in [2.05, 4.69) is 30.8 Å². The minimum atomic E-state index is -0.301.